The van der Waals surface area contributed by atoms with Crippen LogP contribution in [0.5, 0.6) is 0 Å². The Morgan fingerprint density at radius 3 is 2.03 bits per heavy atom. The van der Waals surface area contributed by atoms with E-state index in [4.69, 9.17) is 19.9 Å². The van der Waals surface area contributed by atoms with Gasteiger partial charge in [-0.1, -0.05) is 30.3 Å². The number of carbonyl (C=O) groups is 4. The largest absolute Gasteiger partial charge is 0.458 e. The van der Waals surface area contributed by atoms with Gasteiger partial charge in [0.05, 0.1) is 18.6 Å². The van der Waals surface area contributed by atoms with Crippen molar-refractivity contribution < 1.29 is 33.4 Å². The number of esters is 1. The number of nitrogens with one attached hydrogen (secondary N) is 2. The highest BCUT2D eigenvalue weighted by atomic mass is 16.6. The third-order valence-electron chi connectivity index (χ3n) is 3.92. The first-order valence-corrected chi connectivity index (χ1v) is 10.6. The van der Waals surface area contributed by atoms with Gasteiger partial charge in [0.2, 0.25) is 11.8 Å². The molecule has 0 unspecified atom stereocenters. The summed E-state index contributed by atoms with van der Waals surface area (Å²) < 4.78 is 16.1. The summed E-state index contributed by atoms with van der Waals surface area (Å²) in [4.78, 5) is 49.1. The van der Waals surface area contributed by atoms with Crippen LogP contribution in [0.1, 0.15) is 53.5 Å². The summed E-state index contributed by atoms with van der Waals surface area (Å²) in [5, 5.41) is 4.80. The Hall–Kier alpha value is -3.14. The molecule has 2 atom stereocenters. The van der Waals surface area contributed by atoms with Gasteiger partial charge in [-0.15, -0.1) is 0 Å². The van der Waals surface area contributed by atoms with Crippen LogP contribution in [0.2, 0.25) is 0 Å². The SMILES string of the molecule is CC(C)(C)OC[C@H](NC(=O)[C@H](CC(N)=O)NC(=O)OCc1ccccc1)C(=O)OC(C)(C)C. The summed E-state index contributed by atoms with van der Waals surface area (Å²) in [6.07, 6.45) is -1.41. The van der Waals surface area contributed by atoms with E-state index in [2.05, 4.69) is 10.6 Å². The third-order valence-corrected chi connectivity index (χ3v) is 3.92. The maximum atomic E-state index is 12.8. The number of primary amides is 1. The number of alkyl carbamates (subject to hydrolysis) is 1. The van der Waals surface area contributed by atoms with E-state index in [0.29, 0.717) is 0 Å². The van der Waals surface area contributed by atoms with Crippen LogP contribution in [0.3, 0.4) is 0 Å². The molecule has 0 saturated carbocycles. The number of amides is 3. The number of hydrogen-bond donors (Lipinski definition) is 3. The summed E-state index contributed by atoms with van der Waals surface area (Å²) in [6, 6.07) is 6.40. The molecule has 0 bridgehead atoms. The van der Waals surface area contributed by atoms with Gasteiger partial charge in [0, 0.05) is 0 Å². The first-order valence-electron chi connectivity index (χ1n) is 10.6. The molecule has 0 spiro atoms. The van der Waals surface area contributed by atoms with Crippen LogP contribution < -0.4 is 16.4 Å². The zero-order valence-corrected chi connectivity index (χ0v) is 20.1. The van der Waals surface area contributed by atoms with Crippen LogP contribution >= 0.6 is 0 Å². The lowest BCUT2D eigenvalue weighted by Crippen LogP contribution is -2.55. The maximum absolute atomic E-state index is 12.8. The minimum absolute atomic E-state index is 0.0302. The molecule has 0 heterocycles. The molecular formula is C23H35N3O7. The van der Waals surface area contributed by atoms with Crippen molar-refractivity contribution in [2.24, 2.45) is 5.73 Å². The summed E-state index contributed by atoms with van der Waals surface area (Å²) in [5.41, 5.74) is 4.59. The summed E-state index contributed by atoms with van der Waals surface area (Å²) in [7, 11) is 0. The van der Waals surface area contributed by atoms with E-state index in [1.165, 1.54) is 0 Å². The Morgan fingerprint density at radius 1 is 0.909 bits per heavy atom. The van der Waals surface area contributed by atoms with Crippen LogP contribution in [0.4, 0.5) is 4.79 Å². The molecule has 1 aromatic carbocycles. The summed E-state index contributed by atoms with van der Waals surface area (Å²) >= 11 is 0. The molecule has 0 aliphatic carbocycles. The van der Waals surface area contributed by atoms with Crippen LogP contribution in [0.15, 0.2) is 30.3 Å². The standard InChI is InChI=1S/C23H35N3O7/c1-22(2,3)32-14-17(20(29)33-23(4,5)6)25-19(28)16(12-18(24)27)26-21(30)31-13-15-10-8-7-9-11-15/h7-11,16-17H,12-14H2,1-6H3,(H2,24,27)(H,25,28)(H,26,30)/t16-,17-/m0/s1. The molecular weight excluding hydrogens is 430 g/mol. The molecule has 1 aromatic rings. The van der Waals surface area contributed by atoms with Gasteiger partial charge in [0.25, 0.3) is 0 Å². The fraction of sp³-hybridized carbons (Fsp3) is 0.565. The second-order valence-corrected chi connectivity index (χ2v) is 9.45. The smallest absolute Gasteiger partial charge is 0.408 e. The van der Waals surface area contributed by atoms with Gasteiger partial charge in [-0.3, -0.25) is 9.59 Å². The number of nitrogens with two attached hydrogens (primary N) is 1. The topological polar surface area (TPSA) is 146 Å². The fourth-order valence-electron chi connectivity index (χ4n) is 2.46. The molecule has 4 N–H and O–H groups in total. The number of hydrogen-bond acceptors (Lipinski definition) is 7. The lowest BCUT2D eigenvalue weighted by molar-refractivity contribution is -0.162. The van der Waals surface area contributed by atoms with Gasteiger partial charge in [-0.2, -0.15) is 0 Å². The zero-order chi connectivity index (χ0) is 25.2. The highest BCUT2D eigenvalue weighted by molar-refractivity contribution is 5.93. The quantitative estimate of drug-likeness (QED) is 0.447. The molecule has 0 radical (unpaired) electrons. The molecule has 0 saturated heterocycles. The highest BCUT2D eigenvalue weighted by Crippen LogP contribution is 2.12. The molecule has 10 heteroatoms. The van der Waals surface area contributed by atoms with Crippen molar-refractivity contribution in [2.75, 3.05) is 6.61 Å². The Bertz CT molecular complexity index is 814. The second kappa shape index (κ2) is 12.2. The van der Waals surface area contributed by atoms with E-state index in [-0.39, 0.29) is 13.2 Å². The number of benzene rings is 1. The maximum Gasteiger partial charge on any atom is 0.408 e. The van der Waals surface area contributed by atoms with Crippen LogP contribution in [-0.4, -0.2) is 53.8 Å². The molecule has 184 valence electrons. The van der Waals surface area contributed by atoms with Gasteiger partial charge in [0.15, 0.2) is 6.04 Å². The highest BCUT2D eigenvalue weighted by Gasteiger charge is 2.32. The van der Waals surface area contributed by atoms with E-state index in [9.17, 15) is 19.2 Å². The van der Waals surface area contributed by atoms with E-state index in [1.807, 2.05) is 6.07 Å². The summed E-state index contributed by atoms with van der Waals surface area (Å²) in [5.74, 6) is -2.35. The van der Waals surface area contributed by atoms with Gasteiger partial charge >= 0.3 is 12.1 Å². The minimum Gasteiger partial charge on any atom is -0.458 e. The van der Waals surface area contributed by atoms with Crippen molar-refractivity contribution in [3.8, 4) is 0 Å². The Labute approximate surface area is 194 Å². The normalized spacial score (nSPS) is 13.4. The first kappa shape index (κ1) is 27.9. The fourth-order valence-corrected chi connectivity index (χ4v) is 2.46. The van der Waals surface area contributed by atoms with Crippen LogP contribution in [0, 0.1) is 0 Å². The second-order valence-electron chi connectivity index (χ2n) is 9.45. The van der Waals surface area contributed by atoms with Gasteiger partial charge in [-0.25, -0.2) is 9.59 Å². The Morgan fingerprint density at radius 2 is 1.52 bits per heavy atom. The minimum atomic E-state index is -1.36. The molecule has 0 fully saturated rings. The Balaban J connectivity index is 2.87. The van der Waals surface area contributed by atoms with Crippen LogP contribution in [-0.2, 0) is 35.2 Å². The molecule has 0 aliphatic rings. The van der Waals surface area contributed by atoms with Gasteiger partial charge in [0.1, 0.15) is 18.2 Å². The number of ether oxygens (including phenoxy) is 3. The van der Waals surface area contributed by atoms with Crippen molar-refractivity contribution in [3.05, 3.63) is 35.9 Å². The third kappa shape index (κ3) is 12.5. The molecule has 3 amide bonds. The van der Waals surface area contributed by atoms with Crippen molar-refractivity contribution in [1.29, 1.82) is 0 Å². The lowest BCUT2D eigenvalue weighted by atomic mass is 10.1. The van der Waals surface area contributed by atoms with Crippen molar-refractivity contribution in [3.63, 3.8) is 0 Å². The van der Waals surface area contributed by atoms with E-state index in [1.54, 1.807) is 65.8 Å². The average Bonchev–Trinajstić information content (AvgIpc) is 2.67. The molecule has 33 heavy (non-hydrogen) atoms. The molecule has 1 rings (SSSR count). The number of carbonyl (C=O) groups excluding carboxylic acids is 4. The van der Waals surface area contributed by atoms with Crippen molar-refractivity contribution in [2.45, 2.75) is 77.9 Å². The van der Waals surface area contributed by atoms with Crippen molar-refractivity contribution >= 4 is 23.9 Å². The van der Waals surface area contributed by atoms with E-state index in [0.717, 1.165) is 5.56 Å². The van der Waals surface area contributed by atoms with Crippen LogP contribution in [0.25, 0.3) is 0 Å². The van der Waals surface area contributed by atoms with Crippen molar-refractivity contribution in [1.82, 2.24) is 10.6 Å². The molecule has 10 nitrogen and oxygen atoms in total. The molecule has 0 aliphatic heterocycles. The monoisotopic (exact) mass is 465 g/mol. The zero-order valence-electron chi connectivity index (χ0n) is 20.1. The predicted molar refractivity (Wildman–Crippen MR) is 121 cm³/mol. The molecule has 0 aromatic heterocycles. The lowest BCUT2D eigenvalue weighted by Gasteiger charge is -2.28. The van der Waals surface area contributed by atoms with Gasteiger partial charge < -0.3 is 30.6 Å². The Kier molecular flexibility index (Phi) is 10.3. The van der Waals surface area contributed by atoms with Gasteiger partial charge in [-0.05, 0) is 47.1 Å². The number of rotatable bonds is 10. The predicted octanol–water partition coefficient (Wildman–Crippen LogP) is 1.80. The van der Waals surface area contributed by atoms with E-state index >= 15 is 0 Å². The first-order chi connectivity index (χ1) is 15.2. The van der Waals surface area contributed by atoms with E-state index < -0.39 is 53.6 Å². The summed E-state index contributed by atoms with van der Waals surface area (Å²) in [6.45, 7) is 10.2. The average molecular weight is 466 g/mol.